The first kappa shape index (κ1) is 19.0. The number of aromatic nitrogens is 4. The SMILES string of the molecule is Bc1cnn2c(NCc3cccnc3)cc(NC(N)CCc3ccccc3)nc12. The van der Waals surface area contributed by atoms with Crippen LogP contribution in [0.5, 0.6) is 0 Å². The fraction of sp³-hybridized carbons (Fsp3) is 0.190. The van der Waals surface area contributed by atoms with Crippen LogP contribution in [0.1, 0.15) is 17.5 Å². The highest BCUT2D eigenvalue weighted by Crippen LogP contribution is 2.17. The van der Waals surface area contributed by atoms with E-state index in [0.29, 0.717) is 6.54 Å². The first-order valence-electron chi connectivity index (χ1n) is 9.73. The number of nitrogens with zero attached hydrogens (tertiary/aromatic N) is 4. The van der Waals surface area contributed by atoms with E-state index in [4.69, 9.17) is 10.7 Å². The number of rotatable bonds is 8. The second-order valence-electron chi connectivity index (χ2n) is 7.08. The van der Waals surface area contributed by atoms with Crippen molar-refractivity contribution in [2.75, 3.05) is 10.6 Å². The average molecular weight is 385 g/mol. The molecule has 0 radical (unpaired) electrons. The molecule has 4 rings (SSSR count). The topological polar surface area (TPSA) is 93.2 Å². The van der Waals surface area contributed by atoms with Crippen LogP contribution in [0.3, 0.4) is 0 Å². The van der Waals surface area contributed by atoms with E-state index in [2.05, 4.69) is 32.8 Å². The predicted octanol–water partition coefficient (Wildman–Crippen LogP) is 1.32. The van der Waals surface area contributed by atoms with Crippen molar-refractivity contribution in [3.8, 4) is 0 Å². The molecule has 0 spiro atoms. The van der Waals surface area contributed by atoms with Gasteiger partial charge in [-0.2, -0.15) is 9.61 Å². The maximum absolute atomic E-state index is 6.32. The van der Waals surface area contributed by atoms with Crippen LogP contribution in [0.25, 0.3) is 5.65 Å². The third-order valence-electron chi connectivity index (χ3n) is 4.76. The van der Waals surface area contributed by atoms with Gasteiger partial charge in [0.1, 0.15) is 19.5 Å². The average Bonchev–Trinajstić information content (AvgIpc) is 3.13. The van der Waals surface area contributed by atoms with E-state index in [0.717, 1.165) is 41.2 Å². The quantitative estimate of drug-likeness (QED) is 0.313. The van der Waals surface area contributed by atoms with Crippen molar-refractivity contribution in [1.82, 2.24) is 19.6 Å². The Hall–Kier alpha value is -3.39. The lowest BCUT2D eigenvalue weighted by molar-refractivity contribution is 0.676. The first-order chi connectivity index (χ1) is 14.2. The molecule has 0 bridgehead atoms. The summed E-state index contributed by atoms with van der Waals surface area (Å²) in [7, 11) is 2.00. The molecule has 146 valence electrons. The minimum atomic E-state index is -0.195. The van der Waals surface area contributed by atoms with Crippen molar-refractivity contribution in [1.29, 1.82) is 0 Å². The van der Waals surface area contributed by atoms with Gasteiger partial charge >= 0.3 is 0 Å². The molecular formula is C21H24BN7. The van der Waals surface area contributed by atoms with Gasteiger partial charge < -0.3 is 16.4 Å². The van der Waals surface area contributed by atoms with Crippen LogP contribution in [0.2, 0.25) is 0 Å². The van der Waals surface area contributed by atoms with Gasteiger partial charge in [0, 0.05) is 31.2 Å². The van der Waals surface area contributed by atoms with E-state index in [-0.39, 0.29) is 6.17 Å². The van der Waals surface area contributed by atoms with Crippen molar-refractivity contribution >= 4 is 30.6 Å². The second-order valence-corrected chi connectivity index (χ2v) is 7.08. The lowest BCUT2D eigenvalue weighted by Gasteiger charge is -2.16. The van der Waals surface area contributed by atoms with Gasteiger partial charge in [-0.15, -0.1) is 0 Å². The molecule has 1 atom stereocenters. The molecule has 1 aromatic carbocycles. The van der Waals surface area contributed by atoms with Crippen molar-refractivity contribution in [3.05, 3.63) is 78.2 Å². The molecule has 0 saturated carbocycles. The zero-order valence-electron chi connectivity index (χ0n) is 16.4. The van der Waals surface area contributed by atoms with Crippen LogP contribution in [-0.2, 0) is 13.0 Å². The predicted molar refractivity (Wildman–Crippen MR) is 119 cm³/mol. The summed E-state index contributed by atoms with van der Waals surface area (Å²) in [4.78, 5) is 8.86. The Kier molecular flexibility index (Phi) is 5.72. The van der Waals surface area contributed by atoms with E-state index in [1.807, 2.05) is 61.2 Å². The summed E-state index contributed by atoms with van der Waals surface area (Å²) in [6, 6.07) is 16.3. The van der Waals surface area contributed by atoms with Gasteiger partial charge in [0.25, 0.3) is 0 Å². The van der Waals surface area contributed by atoms with Crippen molar-refractivity contribution in [2.45, 2.75) is 25.6 Å². The van der Waals surface area contributed by atoms with Crippen LogP contribution in [0, 0.1) is 0 Å². The number of hydrogen-bond acceptors (Lipinski definition) is 6. The highest BCUT2D eigenvalue weighted by atomic mass is 15.3. The Bertz CT molecular complexity index is 1070. The van der Waals surface area contributed by atoms with Crippen LogP contribution in [0.4, 0.5) is 11.6 Å². The number of fused-ring (bicyclic) bond motifs is 1. The van der Waals surface area contributed by atoms with E-state index >= 15 is 0 Å². The third kappa shape index (κ3) is 4.73. The molecule has 29 heavy (non-hydrogen) atoms. The van der Waals surface area contributed by atoms with Crippen LogP contribution in [0.15, 0.2) is 67.1 Å². The molecule has 0 saturated heterocycles. The zero-order chi connectivity index (χ0) is 20.1. The van der Waals surface area contributed by atoms with Gasteiger partial charge in [-0.25, -0.2) is 4.98 Å². The summed E-state index contributed by atoms with van der Waals surface area (Å²) in [5.41, 5.74) is 10.5. The van der Waals surface area contributed by atoms with Crippen molar-refractivity contribution in [3.63, 3.8) is 0 Å². The highest BCUT2D eigenvalue weighted by molar-refractivity contribution is 6.36. The Morgan fingerprint density at radius 1 is 1.07 bits per heavy atom. The number of nitrogens with two attached hydrogens (primary N) is 1. The fourth-order valence-electron chi connectivity index (χ4n) is 3.20. The molecular weight excluding hydrogens is 361 g/mol. The van der Waals surface area contributed by atoms with E-state index < -0.39 is 0 Å². The van der Waals surface area contributed by atoms with Crippen LogP contribution in [-0.4, -0.2) is 33.6 Å². The van der Waals surface area contributed by atoms with Gasteiger partial charge in [0.2, 0.25) is 0 Å². The molecule has 1 unspecified atom stereocenters. The molecule has 0 fully saturated rings. The molecule has 0 aliphatic carbocycles. The Morgan fingerprint density at radius 3 is 2.69 bits per heavy atom. The number of pyridine rings is 1. The van der Waals surface area contributed by atoms with Gasteiger partial charge in [-0.3, -0.25) is 4.98 Å². The monoisotopic (exact) mass is 385 g/mol. The number of benzene rings is 1. The van der Waals surface area contributed by atoms with E-state index in [1.54, 1.807) is 6.20 Å². The third-order valence-corrected chi connectivity index (χ3v) is 4.76. The van der Waals surface area contributed by atoms with Crippen molar-refractivity contribution < 1.29 is 0 Å². The minimum Gasteiger partial charge on any atom is -0.366 e. The van der Waals surface area contributed by atoms with E-state index in [1.165, 1.54) is 5.56 Å². The van der Waals surface area contributed by atoms with Gasteiger partial charge in [-0.1, -0.05) is 36.4 Å². The van der Waals surface area contributed by atoms with Crippen LogP contribution >= 0.6 is 0 Å². The standard InChI is InChI=1S/C21H24BN7/c22-17-14-26-29-20(25-13-16-7-4-10-24-12-16)11-19(28-21(17)29)27-18(23)9-8-15-5-2-1-3-6-15/h1-7,10-12,14,18,25H,8-9,13,22-23H2,(H,27,28). The highest BCUT2D eigenvalue weighted by Gasteiger charge is 2.11. The number of hydrogen-bond donors (Lipinski definition) is 3. The van der Waals surface area contributed by atoms with Gasteiger partial charge in [-0.05, 0) is 35.5 Å². The number of aryl methyl sites for hydroxylation is 1. The summed E-state index contributed by atoms with van der Waals surface area (Å²) < 4.78 is 1.81. The smallest absolute Gasteiger partial charge is 0.153 e. The lowest BCUT2D eigenvalue weighted by Crippen LogP contribution is -2.30. The summed E-state index contributed by atoms with van der Waals surface area (Å²) in [5.74, 6) is 1.58. The molecule has 3 aromatic heterocycles. The zero-order valence-corrected chi connectivity index (χ0v) is 16.4. The van der Waals surface area contributed by atoms with Crippen LogP contribution < -0.4 is 21.8 Å². The fourth-order valence-corrected chi connectivity index (χ4v) is 3.20. The molecule has 0 amide bonds. The lowest BCUT2D eigenvalue weighted by atomic mass is 10.0. The van der Waals surface area contributed by atoms with Gasteiger partial charge in [0.05, 0.1) is 6.17 Å². The largest absolute Gasteiger partial charge is 0.366 e. The Morgan fingerprint density at radius 2 is 1.90 bits per heavy atom. The number of nitrogens with one attached hydrogen (secondary N) is 2. The van der Waals surface area contributed by atoms with Gasteiger partial charge in [0.15, 0.2) is 5.65 Å². The minimum absolute atomic E-state index is 0.195. The number of anilines is 2. The summed E-state index contributed by atoms with van der Waals surface area (Å²) in [5, 5.41) is 11.2. The summed E-state index contributed by atoms with van der Waals surface area (Å²) in [6.07, 6.45) is 6.96. The Balaban J connectivity index is 1.49. The maximum Gasteiger partial charge on any atom is 0.153 e. The first-order valence-corrected chi connectivity index (χ1v) is 9.73. The molecule has 0 aliphatic heterocycles. The van der Waals surface area contributed by atoms with E-state index in [9.17, 15) is 0 Å². The maximum atomic E-state index is 6.32. The molecule has 4 N–H and O–H groups in total. The molecule has 8 heteroatoms. The summed E-state index contributed by atoms with van der Waals surface area (Å²) in [6.45, 7) is 0.644. The molecule has 4 aromatic rings. The Labute approximate surface area is 170 Å². The van der Waals surface area contributed by atoms with Crippen molar-refractivity contribution in [2.24, 2.45) is 5.73 Å². The normalized spacial score (nSPS) is 12.0. The molecule has 0 aliphatic rings. The summed E-state index contributed by atoms with van der Waals surface area (Å²) >= 11 is 0. The molecule has 7 nitrogen and oxygen atoms in total. The molecule has 3 heterocycles. The second kappa shape index (κ2) is 8.75.